The molecule has 2 atom stereocenters. The maximum absolute atomic E-state index is 12.8. The Hall–Kier alpha value is -1.66. The Balaban J connectivity index is 1.36. The van der Waals surface area contributed by atoms with Crippen LogP contribution >= 0.6 is 0 Å². The van der Waals surface area contributed by atoms with Crippen LogP contribution in [-0.4, -0.2) is 60.4 Å². The average molecular weight is 346 g/mol. The molecule has 136 valence electrons. The van der Waals surface area contributed by atoms with Gasteiger partial charge in [-0.3, -0.25) is 9.78 Å². The Labute approximate surface area is 148 Å². The minimum absolute atomic E-state index is 0.0299. The largest absolute Gasteiger partial charge is 0.486 e. The van der Waals surface area contributed by atoms with Gasteiger partial charge in [0.25, 0.3) is 0 Å². The molecular formula is C19H26N2O4. The molecule has 0 bridgehead atoms. The summed E-state index contributed by atoms with van der Waals surface area (Å²) in [5.74, 6) is 1.18. The minimum atomic E-state index is -0.244. The van der Waals surface area contributed by atoms with Crippen LogP contribution in [0.1, 0.15) is 32.1 Å². The quantitative estimate of drug-likeness (QED) is 0.838. The molecular weight excluding hydrogens is 320 g/mol. The van der Waals surface area contributed by atoms with Crippen molar-refractivity contribution in [2.75, 3.05) is 32.9 Å². The monoisotopic (exact) mass is 346 g/mol. The van der Waals surface area contributed by atoms with Crippen LogP contribution in [0, 0.1) is 5.92 Å². The van der Waals surface area contributed by atoms with E-state index in [1.54, 1.807) is 12.4 Å². The second-order valence-corrected chi connectivity index (χ2v) is 7.38. The van der Waals surface area contributed by atoms with Crippen molar-refractivity contribution in [2.24, 2.45) is 5.92 Å². The van der Waals surface area contributed by atoms with Crippen molar-refractivity contribution >= 4 is 5.91 Å². The molecule has 0 unspecified atom stereocenters. The van der Waals surface area contributed by atoms with Crippen molar-refractivity contribution in [3.8, 4) is 5.75 Å². The smallest absolute Gasteiger partial charge is 0.225 e. The number of piperidine rings is 1. The Morgan fingerprint density at radius 1 is 1.36 bits per heavy atom. The van der Waals surface area contributed by atoms with Crippen LogP contribution < -0.4 is 4.74 Å². The first-order valence-corrected chi connectivity index (χ1v) is 9.31. The van der Waals surface area contributed by atoms with E-state index in [4.69, 9.17) is 14.2 Å². The number of likely N-dealkylation sites (tertiary alicyclic amines) is 1. The number of amides is 1. The lowest BCUT2D eigenvalue weighted by molar-refractivity contribution is -0.146. The molecule has 3 fully saturated rings. The summed E-state index contributed by atoms with van der Waals surface area (Å²) in [6, 6.07) is 3.79. The molecule has 4 heterocycles. The molecule has 3 saturated heterocycles. The van der Waals surface area contributed by atoms with Crippen LogP contribution in [0.15, 0.2) is 24.5 Å². The Kier molecular flexibility index (Phi) is 4.90. The molecule has 1 amide bonds. The second-order valence-electron chi connectivity index (χ2n) is 7.38. The van der Waals surface area contributed by atoms with Gasteiger partial charge in [-0.1, -0.05) is 0 Å². The van der Waals surface area contributed by atoms with Crippen molar-refractivity contribution in [3.63, 3.8) is 0 Å². The lowest BCUT2D eigenvalue weighted by Gasteiger charge is -2.41. The molecule has 6 nitrogen and oxygen atoms in total. The summed E-state index contributed by atoms with van der Waals surface area (Å²) in [5, 5.41) is 0. The van der Waals surface area contributed by atoms with E-state index in [2.05, 4.69) is 4.98 Å². The van der Waals surface area contributed by atoms with Crippen LogP contribution in [0.4, 0.5) is 0 Å². The van der Waals surface area contributed by atoms with Gasteiger partial charge in [0.1, 0.15) is 11.9 Å². The number of hydrogen-bond donors (Lipinski definition) is 0. The molecule has 25 heavy (non-hydrogen) atoms. The average Bonchev–Trinajstić information content (AvgIpc) is 3.04. The Bertz CT molecular complexity index is 590. The molecule has 1 aromatic heterocycles. The van der Waals surface area contributed by atoms with Gasteiger partial charge < -0.3 is 19.1 Å². The van der Waals surface area contributed by atoms with Crippen molar-refractivity contribution in [3.05, 3.63) is 24.5 Å². The zero-order valence-electron chi connectivity index (χ0n) is 14.6. The molecule has 4 rings (SSSR count). The van der Waals surface area contributed by atoms with E-state index in [1.807, 2.05) is 17.0 Å². The van der Waals surface area contributed by atoms with Gasteiger partial charge in [-0.2, -0.15) is 0 Å². The van der Waals surface area contributed by atoms with Gasteiger partial charge in [-0.15, -0.1) is 0 Å². The predicted molar refractivity (Wildman–Crippen MR) is 91.3 cm³/mol. The van der Waals surface area contributed by atoms with Gasteiger partial charge in [0.2, 0.25) is 5.91 Å². The summed E-state index contributed by atoms with van der Waals surface area (Å²) in [5.41, 5.74) is -0.244. The van der Waals surface area contributed by atoms with E-state index < -0.39 is 0 Å². The van der Waals surface area contributed by atoms with Gasteiger partial charge in [0, 0.05) is 44.8 Å². The number of carbonyl (C=O) groups excluding carboxylic acids is 1. The third-order valence-electron chi connectivity index (χ3n) is 5.53. The van der Waals surface area contributed by atoms with Gasteiger partial charge in [-0.05, 0) is 37.8 Å². The van der Waals surface area contributed by atoms with Crippen molar-refractivity contribution in [2.45, 2.75) is 43.8 Å². The van der Waals surface area contributed by atoms with Crippen LogP contribution in [0.3, 0.4) is 0 Å². The highest BCUT2D eigenvalue weighted by atomic mass is 16.6. The highest BCUT2D eigenvalue weighted by Crippen LogP contribution is 2.37. The molecule has 0 aromatic carbocycles. The maximum atomic E-state index is 12.8. The first kappa shape index (κ1) is 16.8. The zero-order valence-corrected chi connectivity index (χ0v) is 14.6. The fourth-order valence-corrected chi connectivity index (χ4v) is 4.26. The van der Waals surface area contributed by atoms with E-state index in [0.29, 0.717) is 26.4 Å². The summed E-state index contributed by atoms with van der Waals surface area (Å²) in [6.45, 7) is 3.51. The normalized spacial score (nSPS) is 30.6. The molecule has 1 aromatic rings. The number of carbonyl (C=O) groups is 1. The molecule has 3 aliphatic rings. The minimum Gasteiger partial charge on any atom is -0.486 e. The fourth-order valence-electron chi connectivity index (χ4n) is 4.26. The van der Waals surface area contributed by atoms with E-state index in [9.17, 15) is 4.79 Å². The first-order valence-electron chi connectivity index (χ1n) is 9.31. The van der Waals surface area contributed by atoms with E-state index >= 15 is 0 Å². The third-order valence-corrected chi connectivity index (χ3v) is 5.53. The van der Waals surface area contributed by atoms with Crippen LogP contribution in [0.2, 0.25) is 0 Å². The molecule has 3 aliphatic heterocycles. The maximum Gasteiger partial charge on any atom is 0.225 e. The van der Waals surface area contributed by atoms with Crippen LogP contribution in [-0.2, 0) is 14.3 Å². The van der Waals surface area contributed by atoms with Crippen molar-refractivity contribution in [1.82, 2.24) is 9.88 Å². The predicted octanol–water partition coefficient (Wildman–Crippen LogP) is 2.04. The summed E-state index contributed by atoms with van der Waals surface area (Å²) in [6.07, 6.45) is 8.01. The Morgan fingerprint density at radius 3 is 3.04 bits per heavy atom. The second kappa shape index (κ2) is 7.30. The highest BCUT2D eigenvalue weighted by molar-refractivity contribution is 5.79. The lowest BCUT2D eigenvalue weighted by Crippen LogP contribution is -2.52. The molecule has 0 saturated carbocycles. The Morgan fingerprint density at radius 2 is 2.24 bits per heavy atom. The summed E-state index contributed by atoms with van der Waals surface area (Å²) < 4.78 is 17.6. The number of hydrogen-bond acceptors (Lipinski definition) is 5. The van der Waals surface area contributed by atoms with Crippen molar-refractivity contribution < 1.29 is 19.0 Å². The highest BCUT2D eigenvalue weighted by Gasteiger charge is 2.46. The fraction of sp³-hybridized carbons (Fsp3) is 0.684. The molecule has 0 N–H and O–H groups in total. The number of rotatable bonds is 3. The van der Waals surface area contributed by atoms with E-state index in [1.165, 1.54) is 0 Å². The van der Waals surface area contributed by atoms with Gasteiger partial charge in [0.05, 0.1) is 18.4 Å². The third kappa shape index (κ3) is 3.80. The van der Waals surface area contributed by atoms with E-state index in [0.717, 1.165) is 44.4 Å². The zero-order chi connectivity index (χ0) is 17.1. The van der Waals surface area contributed by atoms with Crippen molar-refractivity contribution in [1.29, 1.82) is 0 Å². The number of pyridine rings is 1. The number of aromatic nitrogens is 1. The van der Waals surface area contributed by atoms with Gasteiger partial charge in [0.15, 0.2) is 0 Å². The number of ether oxygens (including phenoxy) is 3. The van der Waals surface area contributed by atoms with E-state index in [-0.39, 0.29) is 23.5 Å². The number of nitrogens with zero attached hydrogens (tertiary/aromatic N) is 2. The lowest BCUT2D eigenvalue weighted by atomic mass is 9.88. The van der Waals surface area contributed by atoms with Gasteiger partial charge >= 0.3 is 0 Å². The molecule has 1 spiro atoms. The summed E-state index contributed by atoms with van der Waals surface area (Å²) >= 11 is 0. The molecule has 0 radical (unpaired) electrons. The molecule has 6 heteroatoms. The topological polar surface area (TPSA) is 60.9 Å². The molecule has 0 aliphatic carbocycles. The first-order chi connectivity index (χ1) is 12.2. The van der Waals surface area contributed by atoms with Crippen LogP contribution in [0.25, 0.3) is 0 Å². The van der Waals surface area contributed by atoms with Crippen LogP contribution in [0.5, 0.6) is 5.75 Å². The van der Waals surface area contributed by atoms with Gasteiger partial charge in [-0.25, -0.2) is 0 Å². The SMILES string of the molecule is O=C(C1CCOCC1)N1CCC[C@@]2(C[C@H](Oc3cccnc3)CO2)C1. The summed E-state index contributed by atoms with van der Waals surface area (Å²) in [4.78, 5) is 18.9. The standard InChI is InChI=1S/C19H26N2O4/c22-18(15-4-9-23-10-5-15)21-8-2-6-19(14-21)11-17(13-24-19)25-16-3-1-7-20-12-16/h1,3,7,12,15,17H,2,4-6,8-11,13-14H2/t17-,19+/m0/s1. The summed E-state index contributed by atoms with van der Waals surface area (Å²) in [7, 11) is 0.